The van der Waals surface area contributed by atoms with Crippen molar-refractivity contribution < 1.29 is 14.3 Å². The number of thiazole rings is 1. The number of rotatable bonds is 5. The summed E-state index contributed by atoms with van der Waals surface area (Å²) in [6.07, 6.45) is 7.84. The number of halogens is 1. The van der Waals surface area contributed by atoms with Gasteiger partial charge in [0.1, 0.15) is 16.4 Å². The molecule has 1 atom stereocenters. The average molecular weight is 419 g/mol. The topological polar surface area (TPSA) is 60.5 Å². The van der Waals surface area contributed by atoms with Gasteiger partial charge in [-0.1, -0.05) is 41.2 Å². The first-order valence-electron chi connectivity index (χ1n) is 9.38. The Balaban J connectivity index is 1.60. The van der Waals surface area contributed by atoms with Crippen LogP contribution in [0.15, 0.2) is 24.4 Å². The molecule has 1 unspecified atom stereocenters. The number of benzene rings is 1. The van der Waals surface area contributed by atoms with Crippen molar-refractivity contribution in [3.63, 3.8) is 0 Å². The van der Waals surface area contributed by atoms with Gasteiger partial charge < -0.3 is 14.8 Å². The maximum absolute atomic E-state index is 11.0. The summed E-state index contributed by atoms with van der Waals surface area (Å²) in [4.78, 5) is 16.0. The standard InChI is InChI=1S/C21H23ClN2O3S/c1-14(24-15(2)25)8-10-18-13-23-21(28-18)27-20-11-9-17(12-19(20)22)26-16-6-4-3-5-7-16/h9,11-14,16H,3-7H2,1-2H3,(H,24,25). The lowest BCUT2D eigenvalue weighted by Gasteiger charge is -2.23. The van der Waals surface area contributed by atoms with Gasteiger partial charge in [0.25, 0.3) is 5.19 Å². The SMILES string of the molecule is CC(=O)NC(C)C#Cc1cnc(Oc2ccc(OC3CCCCC3)cc2Cl)s1. The van der Waals surface area contributed by atoms with Crippen LogP contribution in [0, 0.1) is 11.8 Å². The molecule has 7 heteroatoms. The van der Waals surface area contributed by atoms with E-state index in [1.165, 1.54) is 37.5 Å². The summed E-state index contributed by atoms with van der Waals surface area (Å²) in [5, 5.41) is 3.65. The van der Waals surface area contributed by atoms with Crippen molar-refractivity contribution in [1.29, 1.82) is 0 Å². The van der Waals surface area contributed by atoms with Crippen LogP contribution in [-0.4, -0.2) is 23.0 Å². The quantitative estimate of drug-likeness (QED) is 0.680. The number of nitrogens with zero attached hydrogens (tertiary/aromatic N) is 1. The van der Waals surface area contributed by atoms with E-state index in [9.17, 15) is 4.79 Å². The second-order valence-electron chi connectivity index (χ2n) is 6.75. The van der Waals surface area contributed by atoms with Crippen LogP contribution in [0.4, 0.5) is 0 Å². The minimum absolute atomic E-state index is 0.110. The van der Waals surface area contributed by atoms with E-state index in [1.54, 1.807) is 18.3 Å². The van der Waals surface area contributed by atoms with E-state index in [2.05, 4.69) is 22.1 Å². The number of hydrogen-bond acceptors (Lipinski definition) is 5. The lowest BCUT2D eigenvalue weighted by Crippen LogP contribution is -2.28. The molecule has 0 radical (unpaired) electrons. The highest BCUT2D eigenvalue weighted by molar-refractivity contribution is 7.13. The van der Waals surface area contributed by atoms with Crippen LogP contribution >= 0.6 is 22.9 Å². The van der Waals surface area contributed by atoms with Gasteiger partial charge in [-0.2, -0.15) is 0 Å². The Morgan fingerprint density at radius 1 is 1.36 bits per heavy atom. The van der Waals surface area contributed by atoms with E-state index in [0.717, 1.165) is 23.5 Å². The Labute approximate surface area is 174 Å². The zero-order valence-electron chi connectivity index (χ0n) is 16.0. The predicted octanol–water partition coefficient (Wildman–Crippen LogP) is 5.18. The van der Waals surface area contributed by atoms with Crippen molar-refractivity contribution in [3.05, 3.63) is 34.3 Å². The molecule has 148 valence electrons. The van der Waals surface area contributed by atoms with Crippen LogP contribution in [0.25, 0.3) is 0 Å². The molecule has 5 nitrogen and oxygen atoms in total. The third kappa shape index (κ3) is 6.15. The van der Waals surface area contributed by atoms with Crippen LogP contribution < -0.4 is 14.8 Å². The maximum atomic E-state index is 11.0. The van der Waals surface area contributed by atoms with Crippen molar-refractivity contribution in [2.45, 2.75) is 58.1 Å². The first kappa shape index (κ1) is 20.5. The zero-order valence-corrected chi connectivity index (χ0v) is 17.5. The molecule has 1 aliphatic carbocycles. The molecule has 3 rings (SSSR count). The summed E-state index contributed by atoms with van der Waals surface area (Å²) in [7, 11) is 0. The van der Waals surface area contributed by atoms with Gasteiger partial charge in [0.2, 0.25) is 5.91 Å². The minimum Gasteiger partial charge on any atom is -0.490 e. The summed E-state index contributed by atoms with van der Waals surface area (Å²) in [5.41, 5.74) is 0. The second-order valence-corrected chi connectivity index (χ2v) is 8.15. The summed E-state index contributed by atoms with van der Waals surface area (Å²) in [6.45, 7) is 3.29. The fourth-order valence-corrected chi connectivity index (χ4v) is 3.84. The predicted molar refractivity (Wildman–Crippen MR) is 111 cm³/mol. The van der Waals surface area contributed by atoms with Crippen molar-refractivity contribution in [2.75, 3.05) is 0 Å². The molecule has 1 aromatic heterocycles. The monoisotopic (exact) mass is 418 g/mol. The molecule has 0 spiro atoms. The van der Waals surface area contributed by atoms with E-state index >= 15 is 0 Å². The molecular weight excluding hydrogens is 396 g/mol. The summed E-state index contributed by atoms with van der Waals surface area (Å²) < 4.78 is 11.8. The van der Waals surface area contributed by atoms with Gasteiger partial charge in [0.05, 0.1) is 23.4 Å². The van der Waals surface area contributed by atoms with E-state index < -0.39 is 0 Å². The number of hydrogen-bond donors (Lipinski definition) is 1. The summed E-state index contributed by atoms with van der Waals surface area (Å²) in [6, 6.07) is 5.23. The van der Waals surface area contributed by atoms with Gasteiger partial charge in [-0.25, -0.2) is 4.98 Å². The molecule has 0 bridgehead atoms. The summed E-state index contributed by atoms with van der Waals surface area (Å²) >= 11 is 7.68. The number of amides is 1. The molecule has 0 aliphatic heterocycles. The van der Waals surface area contributed by atoms with Crippen LogP contribution in [-0.2, 0) is 4.79 Å². The molecule has 1 fully saturated rings. The first-order valence-corrected chi connectivity index (χ1v) is 10.6. The van der Waals surface area contributed by atoms with Crippen molar-refractivity contribution in [3.8, 4) is 28.5 Å². The number of ether oxygens (including phenoxy) is 2. The minimum atomic E-state index is -0.227. The van der Waals surface area contributed by atoms with Crippen molar-refractivity contribution in [1.82, 2.24) is 10.3 Å². The fourth-order valence-electron chi connectivity index (χ4n) is 2.99. The number of carbonyl (C=O) groups is 1. The number of nitrogens with one attached hydrogen (secondary N) is 1. The second kappa shape index (κ2) is 9.81. The highest BCUT2D eigenvalue weighted by atomic mass is 35.5. The van der Waals surface area contributed by atoms with Crippen LogP contribution in [0.1, 0.15) is 50.8 Å². The molecule has 0 saturated heterocycles. The van der Waals surface area contributed by atoms with E-state index in [1.807, 2.05) is 13.0 Å². The lowest BCUT2D eigenvalue weighted by molar-refractivity contribution is -0.119. The lowest BCUT2D eigenvalue weighted by atomic mass is 9.98. The van der Waals surface area contributed by atoms with Crippen molar-refractivity contribution in [2.24, 2.45) is 0 Å². The molecule has 1 amide bonds. The Kier molecular flexibility index (Phi) is 7.18. The highest BCUT2D eigenvalue weighted by Gasteiger charge is 2.16. The van der Waals surface area contributed by atoms with Gasteiger partial charge >= 0.3 is 0 Å². The van der Waals surface area contributed by atoms with Crippen LogP contribution in [0.5, 0.6) is 16.7 Å². The number of carbonyl (C=O) groups excluding carboxylic acids is 1. The molecule has 1 aliphatic rings. The van der Waals surface area contributed by atoms with Crippen LogP contribution in [0.2, 0.25) is 5.02 Å². The van der Waals surface area contributed by atoms with Gasteiger partial charge in [0, 0.05) is 13.0 Å². The molecule has 1 saturated carbocycles. The van der Waals surface area contributed by atoms with E-state index in [-0.39, 0.29) is 18.1 Å². The molecule has 1 aromatic carbocycles. The Morgan fingerprint density at radius 2 is 2.14 bits per heavy atom. The molecular formula is C21H23ClN2O3S. The Hall–Kier alpha value is -2.23. The van der Waals surface area contributed by atoms with Gasteiger partial charge in [-0.15, -0.1) is 0 Å². The molecule has 28 heavy (non-hydrogen) atoms. The third-order valence-electron chi connectivity index (χ3n) is 4.27. The van der Waals surface area contributed by atoms with Gasteiger partial charge in [-0.05, 0) is 44.7 Å². The fraction of sp³-hybridized carbons (Fsp3) is 0.429. The van der Waals surface area contributed by atoms with E-state index in [4.69, 9.17) is 21.1 Å². The third-order valence-corrected chi connectivity index (χ3v) is 5.36. The average Bonchev–Trinajstić information content (AvgIpc) is 3.10. The Morgan fingerprint density at radius 3 is 2.86 bits per heavy atom. The normalized spacial score (nSPS) is 15.2. The Bertz CT molecular complexity index is 881. The molecule has 2 aromatic rings. The highest BCUT2D eigenvalue weighted by Crippen LogP contribution is 2.35. The smallest absolute Gasteiger partial charge is 0.279 e. The summed E-state index contributed by atoms with van der Waals surface area (Å²) in [5.74, 6) is 7.12. The van der Waals surface area contributed by atoms with Crippen LogP contribution in [0.3, 0.4) is 0 Å². The molecule has 1 heterocycles. The van der Waals surface area contributed by atoms with E-state index in [0.29, 0.717) is 16.0 Å². The largest absolute Gasteiger partial charge is 0.490 e. The first-order chi connectivity index (χ1) is 13.5. The van der Waals surface area contributed by atoms with Gasteiger partial charge in [-0.3, -0.25) is 4.79 Å². The molecule has 1 N–H and O–H groups in total. The maximum Gasteiger partial charge on any atom is 0.279 e. The number of aromatic nitrogens is 1. The van der Waals surface area contributed by atoms with Gasteiger partial charge in [0.15, 0.2) is 0 Å². The zero-order chi connectivity index (χ0) is 19.9. The van der Waals surface area contributed by atoms with Crippen molar-refractivity contribution >= 4 is 28.8 Å².